The summed E-state index contributed by atoms with van der Waals surface area (Å²) in [6, 6.07) is 17.0. The van der Waals surface area contributed by atoms with Crippen LogP contribution in [0.2, 0.25) is 0 Å². The predicted molar refractivity (Wildman–Crippen MR) is 133 cm³/mol. The van der Waals surface area contributed by atoms with Crippen molar-refractivity contribution in [2.24, 2.45) is 29.1 Å². The maximum atomic E-state index is 14.4. The highest BCUT2D eigenvalue weighted by atomic mass is 16.3. The fourth-order valence-electron chi connectivity index (χ4n) is 9.57. The van der Waals surface area contributed by atoms with Crippen molar-refractivity contribution in [3.63, 3.8) is 0 Å². The van der Waals surface area contributed by atoms with Gasteiger partial charge in [-0.2, -0.15) is 0 Å². The second kappa shape index (κ2) is 7.58. The highest BCUT2D eigenvalue weighted by Gasteiger charge is 2.59. The van der Waals surface area contributed by atoms with E-state index in [1.807, 2.05) is 12.1 Å². The van der Waals surface area contributed by atoms with Gasteiger partial charge in [-0.3, -0.25) is 4.79 Å². The standard InChI is InChI=1S/C30H35NO2.H2O/c1-19-27-14-23-7-8-25(32)15-26(23)30(19,24-5-3-2-4-6-24)9-10-31(27)28(33)29-16-20-11-21(17-29)13-22(12-20)18-29;/h2-8,15,19-22,27,32H,9-14,16-18H2,1H3;1H2. The van der Waals surface area contributed by atoms with Crippen molar-refractivity contribution in [3.8, 4) is 5.75 Å². The topological polar surface area (TPSA) is 72.0 Å². The summed E-state index contributed by atoms with van der Waals surface area (Å²) in [6.45, 7) is 3.20. The van der Waals surface area contributed by atoms with Gasteiger partial charge in [0, 0.05) is 18.0 Å². The number of carbonyl (C=O) groups excluding carboxylic acids is 1. The Bertz CT molecular complexity index is 1080. The zero-order valence-electron chi connectivity index (χ0n) is 20.2. The number of likely N-dealkylation sites (tertiary alicyclic amines) is 1. The van der Waals surface area contributed by atoms with E-state index in [9.17, 15) is 9.90 Å². The lowest BCUT2D eigenvalue weighted by atomic mass is 9.48. The SMILES string of the molecule is CC1C2Cc3ccc(O)cc3C1(c1ccccc1)CCN2C(=O)C12CC3CC(CC(C3)C1)C2.O. The molecule has 4 heteroatoms. The second-order valence-corrected chi connectivity index (χ2v) is 12.2. The van der Waals surface area contributed by atoms with Gasteiger partial charge in [-0.15, -0.1) is 0 Å². The van der Waals surface area contributed by atoms with Crippen LogP contribution in [0.25, 0.3) is 0 Å². The molecule has 6 bridgehead atoms. The van der Waals surface area contributed by atoms with Gasteiger partial charge < -0.3 is 15.5 Å². The number of nitrogens with zero attached hydrogens (tertiary/aromatic N) is 1. The molecule has 2 aromatic carbocycles. The molecule has 34 heavy (non-hydrogen) atoms. The Morgan fingerprint density at radius 3 is 2.26 bits per heavy atom. The number of fused-ring (bicyclic) bond motifs is 4. The first-order valence-electron chi connectivity index (χ1n) is 13.2. The Hall–Kier alpha value is -2.33. The Morgan fingerprint density at radius 2 is 1.62 bits per heavy atom. The van der Waals surface area contributed by atoms with Crippen molar-refractivity contribution in [1.82, 2.24) is 4.90 Å². The van der Waals surface area contributed by atoms with Crippen molar-refractivity contribution in [2.45, 2.75) is 69.7 Å². The Morgan fingerprint density at radius 1 is 0.971 bits per heavy atom. The predicted octanol–water partition coefficient (Wildman–Crippen LogP) is 4.86. The smallest absolute Gasteiger partial charge is 0.229 e. The molecule has 6 aliphatic rings. The molecule has 5 aliphatic carbocycles. The summed E-state index contributed by atoms with van der Waals surface area (Å²) in [6.07, 6.45) is 9.39. The summed E-state index contributed by atoms with van der Waals surface area (Å²) in [4.78, 5) is 16.7. The van der Waals surface area contributed by atoms with Crippen LogP contribution in [0.4, 0.5) is 0 Å². The van der Waals surface area contributed by atoms with E-state index in [1.54, 1.807) is 0 Å². The first kappa shape index (κ1) is 22.2. The largest absolute Gasteiger partial charge is 0.508 e. The molecule has 3 N–H and O–H groups in total. The number of aromatic hydroxyl groups is 1. The number of piperidine rings is 1. The van der Waals surface area contributed by atoms with Crippen LogP contribution in [0.3, 0.4) is 0 Å². The normalized spacial score (nSPS) is 39.3. The van der Waals surface area contributed by atoms with Gasteiger partial charge in [0.2, 0.25) is 5.91 Å². The van der Waals surface area contributed by atoms with Gasteiger partial charge in [0.05, 0.1) is 5.41 Å². The minimum absolute atomic E-state index is 0. The quantitative estimate of drug-likeness (QED) is 0.696. The lowest BCUT2D eigenvalue weighted by molar-refractivity contribution is -0.164. The molecular formula is C30H37NO3. The minimum Gasteiger partial charge on any atom is -0.508 e. The molecule has 4 saturated carbocycles. The average molecular weight is 460 g/mol. The van der Waals surface area contributed by atoms with Crippen LogP contribution < -0.4 is 0 Å². The van der Waals surface area contributed by atoms with E-state index in [0.717, 1.165) is 56.4 Å². The molecule has 1 saturated heterocycles. The van der Waals surface area contributed by atoms with Crippen molar-refractivity contribution >= 4 is 5.91 Å². The van der Waals surface area contributed by atoms with Gasteiger partial charge in [0.25, 0.3) is 0 Å². The highest BCUT2D eigenvalue weighted by Crippen LogP contribution is 2.62. The fourth-order valence-corrected chi connectivity index (χ4v) is 9.57. The van der Waals surface area contributed by atoms with Gasteiger partial charge in [-0.1, -0.05) is 43.3 Å². The molecule has 5 fully saturated rings. The van der Waals surface area contributed by atoms with Gasteiger partial charge in [0.1, 0.15) is 5.75 Å². The number of rotatable bonds is 2. The number of hydrogen-bond donors (Lipinski definition) is 1. The molecule has 3 unspecified atom stereocenters. The molecule has 2 aromatic rings. The number of benzene rings is 2. The lowest BCUT2D eigenvalue weighted by Gasteiger charge is -2.60. The van der Waals surface area contributed by atoms with Crippen LogP contribution in [-0.4, -0.2) is 34.0 Å². The van der Waals surface area contributed by atoms with Crippen LogP contribution >= 0.6 is 0 Å². The van der Waals surface area contributed by atoms with E-state index in [0.29, 0.717) is 17.6 Å². The van der Waals surface area contributed by atoms with Gasteiger partial charge in [-0.25, -0.2) is 0 Å². The Balaban J connectivity index is 0.00000217. The molecule has 3 atom stereocenters. The monoisotopic (exact) mass is 459 g/mol. The minimum atomic E-state index is -0.142. The molecule has 1 heterocycles. The molecule has 4 nitrogen and oxygen atoms in total. The van der Waals surface area contributed by atoms with E-state index in [1.165, 1.54) is 36.0 Å². The number of hydrogen-bond acceptors (Lipinski definition) is 2. The summed E-state index contributed by atoms with van der Waals surface area (Å²) >= 11 is 0. The first-order chi connectivity index (χ1) is 16.0. The van der Waals surface area contributed by atoms with Gasteiger partial charge >= 0.3 is 0 Å². The summed E-state index contributed by atoms with van der Waals surface area (Å²) < 4.78 is 0. The molecular weight excluding hydrogens is 422 g/mol. The molecule has 0 aromatic heterocycles. The molecule has 180 valence electrons. The Kier molecular flexibility index (Phi) is 4.94. The van der Waals surface area contributed by atoms with Crippen molar-refractivity contribution in [2.75, 3.05) is 6.54 Å². The number of phenolic OH excluding ortho intramolecular Hbond substituents is 1. The van der Waals surface area contributed by atoms with Crippen LogP contribution in [0, 0.1) is 29.1 Å². The summed E-state index contributed by atoms with van der Waals surface area (Å²) in [5.74, 6) is 3.53. The second-order valence-electron chi connectivity index (χ2n) is 12.2. The van der Waals surface area contributed by atoms with E-state index in [-0.39, 0.29) is 22.3 Å². The zero-order chi connectivity index (χ0) is 22.4. The molecule has 8 rings (SSSR count). The third-order valence-electron chi connectivity index (χ3n) is 10.5. The molecule has 1 aliphatic heterocycles. The van der Waals surface area contributed by atoms with E-state index >= 15 is 0 Å². The first-order valence-corrected chi connectivity index (χ1v) is 13.2. The van der Waals surface area contributed by atoms with Crippen molar-refractivity contribution < 1.29 is 15.4 Å². The molecule has 1 amide bonds. The lowest BCUT2D eigenvalue weighted by Crippen LogP contribution is -2.64. The summed E-state index contributed by atoms with van der Waals surface area (Å²) in [5.41, 5.74) is 3.70. The molecule has 0 radical (unpaired) electrons. The highest BCUT2D eigenvalue weighted by molar-refractivity contribution is 5.84. The van der Waals surface area contributed by atoms with Crippen molar-refractivity contribution in [1.29, 1.82) is 0 Å². The van der Waals surface area contributed by atoms with Gasteiger partial charge in [-0.05, 0) is 104 Å². The number of carbonyl (C=O) groups is 1. The maximum absolute atomic E-state index is 14.4. The van der Waals surface area contributed by atoms with E-state index < -0.39 is 0 Å². The van der Waals surface area contributed by atoms with Crippen molar-refractivity contribution in [3.05, 3.63) is 65.2 Å². The van der Waals surface area contributed by atoms with Gasteiger partial charge in [0.15, 0.2) is 0 Å². The Labute approximate surface area is 202 Å². The number of phenols is 1. The zero-order valence-corrected chi connectivity index (χ0v) is 20.2. The summed E-state index contributed by atoms with van der Waals surface area (Å²) in [5, 5.41) is 10.4. The molecule has 0 spiro atoms. The maximum Gasteiger partial charge on any atom is 0.229 e. The fraction of sp³-hybridized carbons (Fsp3) is 0.567. The van der Waals surface area contributed by atoms with E-state index in [2.05, 4.69) is 48.2 Å². The third kappa shape index (κ3) is 2.90. The number of amides is 1. The average Bonchev–Trinajstić information content (AvgIpc) is 2.80. The third-order valence-corrected chi connectivity index (χ3v) is 10.5. The summed E-state index contributed by atoms with van der Waals surface area (Å²) in [7, 11) is 0. The van der Waals surface area contributed by atoms with Crippen LogP contribution in [0.15, 0.2) is 48.5 Å². The van der Waals surface area contributed by atoms with Crippen LogP contribution in [0.1, 0.15) is 68.6 Å². The van der Waals surface area contributed by atoms with Crippen LogP contribution in [0.5, 0.6) is 5.75 Å². The van der Waals surface area contributed by atoms with E-state index in [4.69, 9.17) is 0 Å². The van der Waals surface area contributed by atoms with Crippen LogP contribution in [-0.2, 0) is 16.6 Å².